The SMILES string of the molecule is [CH2-]C(=O)CC(C)=O.[CH2-]C(=O)CC(C)=O.[Zr+2]. The van der Waals surface area contributed by atoms with E-state index in [-0.39, 0.29) is 62.2 Å². The molecule has 0 spiro atoms. The molecule has 0 atom stereocenters. The molecule has 0 aliphatic heterocycles. The standard InChI is InChI=1S/2C5H7O2.Zr/c2*1-4(6)3-5(2)7;/h2*1,3H2,2H3;/q2*-1;+2. The van der Waals surface area contributed by atoms with Crippen molar-refractivity contribution < 1.29 is 45.4 Å². The minimum absolute atomic E-state index is 0. The number of Topliss-reactive ketones (excluding diaryl/α,β-unsaturated/α-hetero) is 4. The summed E-state index contributed by atoms with van der Waals surface area (Å²) in [6.07, 6.45) is -0.0556. The monoisotopic (exact) mass is 288 g/mol. The molecular formula is C10H14O4Zr. The van der Waals surface area contributed by atoms with Crippen molar-refractivity contribution in [2.24, 2.45) is 0 Å². The van der Waals surface area contributed by atoms with Crippen LogP contribution in [0.4, 0.5) is 0 Å². The first kappa shape index (κ1) is 19.8. The first-order valence-electron chi connectivity index (χ1n) is 3.94. The van der Waals surface area contributed by atoms with Gasteiger partial charge in [0.2, 0.25) is 0 Å². The van der Waals surface area contributed by atoms with Crippen LogP contribution in [0.5, 0.6) is 0 Å². The maximum absolute atomic E-state index is 9.99. The van der Waals surface area contributed by atoms with Gasteiger partial charge in [-0.2, -0.15) is 0 Å². The van der Waals surface area contributed by atoms with Gasteiger partial charge in [0.05, 0.1) is 0 Å². The van der Waals surface area contributed by atoms with Crippen LogP contribution in [0.25, 0.3) is 0 Å². The Labute approximate surface area is 109 Å². The zero-order valence-electron chi connectivity index (χ0n) is 8.96. The van der Waals surface area contributed by atoms with E-state index in [0.29, 0.717) is 0 Å². The summed E-state index contributed by atoms with van der Waals surface area (Å²) in [6, 6.07) is 0. The normalized spacial score (nSPS) is 7.60. The molecule has 15 heavy (non-hydrogen) atoms. The molecule has 0 unspecified atom stereocenters. The molecule has 0 bridgehead atoms. The van der Waals surface area contributed by atoms with Crippen LogP contribution in [0.2, 0.25) is 0 Å². The van der Waals surface area contributed by atoms with Gasteiger partial charge in [0, 0.05) is 24.4 Å². The van der Waals surface area contributed by atoms with E-state index in [4.69, 9.17) is 0 Å². The molecule has 0 aromatic carbocycles. The van der Waals surface area contributed by atoms with Gasteiger partial charge in [-0.3, -0.25) is 9.59 Å². The van der Waals surface area contributed by atoms with Gasteiger partial charge < -0.3 is 23.4 Å². The van der Waals surface area contributed by atoms with E-state index in [1.807, 2.05) is 0 Å². The zero-order valence-corrected chi connectivity index (χ0v) is 11.4. The number of carbonyl (C=O) groups excluding carboxylic acids is 4. The number of hydrogen-bond acceptors (Lipinski definition) is 4. The van der Waals surface area contributed by atoms with Crippen LogP contribution in [0, 0.1) is 13.8 Å². The van der Waals surface area contributed by atoms with E-state index >= 15 is 0 Å². The smallest absolute Gasteiger partial charge is 0.339 e. The van der Waals surface area contributed by atoms with Crippen molar-refractivity contribution in [3.8, 4) is 0 Å². The van der Waals surface area contributed by atoms with Gasteiger partial charge in [-0.1, -0.05) is 0 Å². The first-order valence-corrected chi connectivity index (χ1v) is 3.94. The average Bonchev–Trinajstić information content (AvgIpc) is 1.79. The van der Waals surface area contributed by atoms with Crippen LogP contribution >= 0.6 is 0 Å². The third-order valence-corrected chi connectivity index (χ3v) is 0.892. The maximum Gasteiger partial charge on any atom is 2.00 e. The Morgan fingerprint density at radius 2 is 1.00 bits per heavy atom. The third-order valence-electron chi connectivity index (χ3n) is 0.892. The summed E-state index contributed by atoms with van der Waals surface area (Å²) in [7, 11) is 0. The molecule has 0 aromatic heterocycles. The summed E-state index contributed by atoms with van der Waals surface area (Å²) in [4.78, 5) is 39.8. The molecule has 0 N–H and O–H groups in total. The zero-order chi connectivity index (χ0) is 11.7. The van der Waals surface area contributed by atoms with Crippen LogP contribution in [-0.2, 0) is 45.4 Å². The predicted molar refractivity (Wildman–Crippen MR) is 51.3 cm³/mol. The maximum atomic E-state index is 9.99. The van der Waals surface area contributed by atoms with Gasteiger partial charge in [0.1, 0.15) is 11.6 Å². The Balaban J connectivity index is -0.000000180. The van der Waals surface area contributed by atoms with E-state index in [1.165, 1.54) is 13.8 Å². The van der Waals surface area contributed by atoms with E-state index in [9.17, 15) is 19.2 Å². The van der Waals surface area contributed by atoms with Gasteiger partial charge in [-0.15, -0.1) is 0 Å². The molecule has 4 nitrogen and oxygen atoms in total. The van der Waals surface area contributed by atoms with E-state index in [1.54, 1.807) is 0 Å². The van der Waals surface area contributed by atoms with Crippen molar-refractivity contribution in [3.05, 3.63) is 13.8 Å². The summed E-state index contributed by atoms with van der Waals surface area (Å²) in [5, 5.41) is 0. The van der Waals surface area contributed by atoms with Crippen LogP contribution < -0.4 is 0 Å². The Morgan fingerprint density at radius 1 is 0.800 bits per heavy atom. The number of rotatable bonds is 4. The predicted octanol–water partition coefficient (Wildman–Crippen LogP) is 0.735. The topological polar surface area (TPSA) is 68.3 Å². The number of carbonyl (C=O) groups is 4. The second-order valence-corrected chi connectivity index (χ2v) is 2.83. The summed E-state index contributed by atoms with van der Waals surface area (Å²) in [5.74, 6) is -0.875. The van der Waals surface area contributed by atoms with Gasteiger partial charge in [-0.05, 0) is 13.8 Å². The van der Waals surface area contributed by atoms with E-state index in [0.717, 1.165) is 0 Å². The molecule has 0 saturated carbocycles. The minimum atomic E-state index is -0.312. The Kier molecular flexibility index (Phi) is 15.0. The molecule has 0 fully saturated rings. The van der Waals surface area contributed by atoms with Crippen molar-refractivity contribution in [3.63, 3.8) is 0 Å². The quantitative estimate of drug-likeness (QED) is 0.565. The van der Waals surface area contributed by atoms with Crippen molar-refractivity contribution in [1.29, 1.82) is 0 Å². The summed E-state index contributed by atoms with van der Waals surface area (Å²) in [5.41, 5.74) is 0. The van der Waals surface area contributed by atoms with E-state index < -0.39 is 0 Å². The summed E-state index contributed by atoms with van der Waals surface area (Å²) < 4.78 is 0. The largest absolute Gasteiger partial charge is 2.00 e. The fourth-order valence-corrected chi connectivity index (χ4v) is 0.555. The van der Waals surface area contributed by atoms with Gasteiger partial charge in [0.25, 0.3) is 0 Å². The number of hydrogen-bond donors (Lipinski definition) is 0. The third kappa shape index (κ3) is 31.9. The molecule has 0 rings (SSSR count). The van der Waals surface area contributed by atoms with Gasteiger partial charge >= 0.3 is 26.2 Å². The fraction of sp³-hybridized carbons (Fsp3) is 0.400. The van der Waals surface area contributed by atoms with Crippen molar-refractivity contribution in [2.45, 2.75) is 26.7 Å². The second kappa shape index (κ2) is 11.4. The second-order valence-electron chi connectivity index (χ2n) is 2.83. The van der Waals surface area contributed by atoms with Crippen LogP contribution in [-0.4, -0.2) is 23.1 Å². The fourth-order valence-electron chi connectivity index (χ4n) is 0.555. The molecule has 5 heteroatoms. The van der Waals surface area contributed by atoms with Crippen molar-refractivity contribution in [2.75, 3.05) is 0 Å². The molecule has 0 aliphatic rings. The summed E-state index contributed by atoms with van der Waals surface area (Å²) in [6.45, 7) is 8.77. The molecule has 82 valence electrons. The molecule has 0 aliphatic carbocycles. The minimum Gasteiger partial charge on any atom is -0.339 e. The molecular weight excluding hydrogens is 275 g/mol. The molecule has 0 amide bonds. The summed E-state index contributed by atoms with van der Waals surface area (Å²) >= 11 is 0. The van der Waals surface area contributed by atoms with Crippen LogP contribution in [0.1, 0.15) is 26.7 Å². The van der Waals surface area contributed by atoms with Gasteiger partial charge in [0.15, 0.2) is 0 Å². The molecule has 0 saturated heterocycles. The van der Waals surface area contributed by atoms with Gasteiger partial charge in [-0.25, -0.2) is 0 Å². The number of ketones is 4. The van der Waals surface area contributed by atoms with E-state index in [2.05, 4.69) is 13.8 Å². The van der Waals surface area contributed by atoms with Crippen LogP contribution in [0.15, 0.2) is 0 Å². The van der Waals surface area contributed by atoms with Crippen molar-refractivity contribution >= 4 is 23.1 Å². The Morgan fingerprint density at radius 3 is 1.00 bits per heavy atom. The average molecular weight is 289 g/mol. The molecule has 0 heterocycles. The van der Waals surface area contributed by atoms with Crippen LogP contribution in [0.3, 0.4) is 0 Å². The molecule has 0 radical (unpaired) electrons. The van der Waals surface area contributed by atoms with Crippen molar-refractivity contribution in [1.82, 2.24) is 0 Å². The molecule has 0 aromatic rings. The Bertz CT molecular complexity index is 196. The Hall–Kier alpha value is -0.697. The first-order chi connectivity index (χ1) is 6.25.